The maximum Gasteiger partial charge on any atom is 0.159 e. The molecule has 21 heavy (non-hydrogen) atoms. The number of hydrogen-bond acceptors (Lipinski definition) is 2. The number of ketones is 2. The highest BCUT2D eigenvalue weighted by atomic mass is 16.1. The third-order valence-electron chi connectivity index (χ3n) is 7.21. The lowest BCUT2D eigenvalue weighted by atomic mass is 9.48. The van der Waals surface area contributed by atoms with Crippen LogP contribution in [0.15, 0.2) is 23.8 Å². The molecule has 2 heteroatoms. The van der Waals surface area contributed by atoms with Crippen LogP contribution in [0.25, 0.3) is 0 Å². The van der Waals surface area contributed by atoms with Crippen LogP contribution in [0.3, 0.4) is 0 Å². The minimum atomic E-state index is -0.219. The van der Waals surface area contributed by atoms with Gasteiger partial charge < -0.3 is 0 Å². The molecule has 0 aromatic heterocycles. The highest BCUT2D eigenvalue weighted by Gasteiger charge is 2.60. The van der Waals surface area contributed by atoms with E-state index in [0.29, 0.717) is 23.9 Å². The second-order valence-electron chi connectivity index (χ2n) is 8.02. The van der Waals surface area contributed by atoms with Gasteiger partial charge >= 0.3 is 0 Å². The number of carbonyl (C=O) groups excluding carboxylic acids is 2. The van der Waals surface area contributed by atoms with Crippen molar-refractivity contribution in [3.05, 3.63) is 23.8 Å². The number of hydrogen-bond donors (Lipinski definition) is 0. The summed E-state index contributed by atoms with van der Waals surface area (Å²) in [5.41, 5.74) is 1.18. The molecule has 2 nitrogen and oxygen atoms in total. The Hall–Kier alpha value is -1.18. The predicted octanol–water partition coefficient (Wildman–Crippen LogP) is 3.86. The topological polar surface area (TPSA) is 34.1 Å². The highest BCUT2D eigenvalue weighted by Crippen LogP contribution is 2.62. The predicted molar refractivity (Wildman–Crippen MR) is 81.6 cm³/mol. The molecule has 4 aliphatic rings. The van der Waals surface area contributed by atoms with Crippen molar-refractivity contribution >= 4 is 11.6 Å². The smallest absolute Gasteiger partial charge is 0.159 e. The van der Waals surface area contributed by atoms with Crippen LogP contribution in [0.1, 0.15) is 52.4 Å². The summed E-state index contributed by atoms with van der Waals surface area (Å²) in [7, 11) is 0. The number of fused-ring (bicyclic) bond motifs is 5. The van der Waals surface area contributed by atoms with E-state index in [4.69, 9.17) is 0 Å². The lowest BCUT2D eigenvalue weighted by Crippen LogP contribution is -2.52. The maximum atomic E-state index is 12.8. The Morgan fingerprint density at radius 1 is 1.05 bits per heavy atom. The molecule has 0 aromatic rings. The standard InChI is InChI=1S/C19H24O2/c1-18-9-4-3-5-12(18)11-15(20)17-13-6-7-16(21)19(13,2)10-8-14(17)18/h3,5,11,13-14,17H,4,6-10H2,1-2H3/t13-,14+,17+,18+,19+/m1/s1. The Morgan fingerprint density at radius 3 is 2.62 bits per heavy atom. The Balaban J connectivity index is 1.81. The Bertz CT molecular complexity index is 584. The zero-order valence-electron chi connectivity index (χ0n) is 13.0. The molecule has 0 aromatic carbocycles. The normalized spacial score (nSPS) is 48.5. The van der Waals surface area contributed by atoms with Crippen LogP contribution in [0.2, 0.25) is 0 Å². The molecular weight excluding hydrogens is 260 g/mol. The number of Topliss-reactive ketones (excluding diaryl/α,β-unsaturated/α-hetero) is 1. The summed E-state index contributed by atoms with van der Waals surface area (Å²) < 4.78 is 0. The molecule has 4 rings (SSSR count). The number of carbonyl (C=O) groups is 2. The van der Waals surface area contributed by atoms with Gasteiger partial charge in [-0.3, -0.25) is 9.59 Å². The first-order valence-corrected chi connectivity index (χ1v) is 8.43. The Kier molecular flexibility index (Phi) is 2.68. The number of rotatable bonds is 0. The summed E-state index contributed by atoms with van der Waals surface area (Å²) >= 11 is 0. The van der Waals surface area contributed by atoms with Crippen LogP contribution in [0.5, 0.6) is 0 Å². The average Bonchev–Trinajstić information content (AvgIpc) is 2.76. The van der Waals surface area contributed by atoms with Gasteiger partial charge in [-0.05, 0) is 61.0 Å². The fourth-order valence-corrected chi connectivity index (χ4v) is 5.82. The van der Waals surface area contributed by atoms with Crippen LogP contribution in [0, 0.1) is 28.6 Å². The van der Waals surface area contributed by atoms with Gasteiger partial charge in [0.25, 0.3) is 0 Å². The first-order valence-electron chi connectivity index (χ1n) is 8.43. The van der Waals surface area contributed by atoms with E-state index in [-0.39, 0.29) is 22.7 Å². The number of allylic oxidation sites excluding steroid dienone is 4. The van der Waals surface area contributed by atoms with E-state index < -0.39 is 0 Å². The van der Waals surface area contributed by atoms with Crippen molar-refractivity contribution in [3.8, 4) is 0 Å². The lowest BCUT2D eigenvalue weighted by Gasteiger charge is -2.54. The van der Waals surface area contributed by atoms with Crippen LogP contribution in [-0.4, -0.2) is 11.6 Å². The van der Waals surface area contributed by atoms with Crippen molar-refractivity contribution in [1.82, 2.24) is 0 Å². The van der Waals surface area contributed by atoms with Gasteiger partial charge in [0.2, 0.25) is 0 Å². The molecule has 0 N–H and O–H groups in total. The summed E-state index contributed by atoms with van der Waals surface area (Å²) in [4.78, 5) is 25.1. The molecule has 2 fully saturated rings. The second kappa shape index (κ2) is 4.18. The Morgan fingerprint density at radius 2 is 1.81 bits per heavy atom. The minimum absolute atomic E-state index is 0.0930. The van der Waals surface area contributed by atoms with Gasteiger partial charge in [-0.2, -0.15) is 0 Å². The quantitative estimate of drug-likeness (QED) is 0.677. The molecule has 0 amide bonds. The van der Waals surface area contributed by atoms with Crippen LogP contribution >= 0.6 is 0 Å². The van der Waals surface area contributed by atoms with Gasteiger partial charge in [0.15, 0.2) is 5.78 Å². The first-order chi connectivity index (χ1) is 9.97. The van der Waals surface area contributed by atoms with Gasteiger partial charge in [0.05, 0.1) is 0 Å². The molecule has 0 aliphatic heterocycles. The lowest BCUT2D eigenvalue weighted by molar-refractivity contribution is -0.138. The third-order valence-corrected chi connectivity index (χ3v) is 7.21. The van der Waals surface area contributed by atoms with Crippen molar-refractivity contribution < 1.29 is 9.59 Å². The van der Waals surface area contributed by atoms with Crippen molar-refractivity contribution in [3.63, 3.8) is 0 Å². The highest BCUT2D eigenvalue weighted by molar-refractivity contribution is 5.97. The van der Waals surface area contributed by atoms with E-state index >= 15 is 0 Å². The van der Waals surface area contributed by atoms with Gasteiger partial charge in [-0.1, -0.05) is 26.0 Å². The van der Waals surface area contributed by atoms with E-state index in [0.717, 1.165) is 32.1 Å². The summed E-state index contributed by atoms with van der Waals surface area (Å²) in [6.45, 7) is 4.48. The SMILES string of the molecule is C[C@]12CCC=CC1=CC(=O)[C@H]1[C@H]3CCC(=O)[C@@]3(C)CC[C@@H]12. The summed E-state index contributed by atoms with van der Waals surface area (Å²) in [6, 6.07) is 0. The van der Waals surface area contributed by atoms with Crippen LogP contribution < -0.4 is 0 Å². The molecule has 0 bridgehead atoms. The summed E-state index contributed by atoms with van der Waals surface area (Å²) in [6.07, 6.45) is 12.2. The van der Waals surface area contributed by atoms with Crippen molar-refractivity contribution in [2.24, 2.45) is 28.6 Å². The molecule has 0 saturated heterocycles. The molecule has 0 heterocycles. The van der Waals surface area contributed by atoms with E-state index in [1.807, 2.05) is 6.08 Å². The largest absolute Gasteiger partial charge is 0.299 e. The molecule has 4 aliphatic carbocycles. The molecule has 0 unspecified atom stereocenters. The first kappa shape index (κ1) is 13.5. The molecule has 0 radical (unpaired) electrons. The van der Waals surface area contributed by atoms with E-state index in [2.05, 4.69) is 26.0 Å². The average molecular weight is 284 g/mol. The van der Waals surface area contributed by atoms with Gasteiger partial charge in [0.1, 0.15) is 5.78 Å². The fraction of sp³-hybridized carbons (Fsp3) is 0.684. The van der Waals surface area contributed by atoms with Gasteiger partial charge in [-0.15, -0.1) is 0 Å². The summed E-state index contributed by atoms with van der Waals surface area (Å²) in [5.74, 6) is 1.53. The minimum Gasteiger partial charge on any atom is -0.299 e. The molecule has 5 atom stereocenters. The van der Waals surface area contributed by atoms with Crippen LogP contribution in [-0.2, 0) is 9.59 Å². The molecule has 112 valence electrons. The maximum absolute atomic E-state index is 12.8. The van der Waals surface area contributed by atoms with Crippen molar-refractivity contribution in [2.75, 3.05) is 0 Å². The fourth-order valence-electron chi connectivity index (χ4n) is 5.82. The third kappa shape index (κ3) is 1.59. The molecule has 2 saturated carbocycles. The van der Waals surface area contributed by atoms with E-state index in [9.17, 15) is 9.59 Å². The summed E-state index contributed by atoms with van der Waals surface area (Å²) in [5, 5.41) is 0. The van der Waals surface area contributed by atoms with E-state index in [1.165, 1.54) is 5.57 Å². The molecular formula is C19H24O2. The van der Waals surface area contributed by atoms with Crippen LogP contribution in [0.4, 0.5) is 0 Å². The van der Waals surface area contributed by atoms with Crippen molar-refractivity contribution in [1.29, 1.82) is 0 Å². The zero-order valence-corrected chi connectivity index (χ0v) is 13.0. The Labute approximate surface area is 126 Å². The molecule has 0 spiro atoms. The van der Waals surface area contributed by atoms with E-state index in [1.54, 1.807) is 0 Å². The zero-order chi connectivity index (χ0) is 14.8. The van der Waals surface area contributed by atoms with Gasteiger partial charge in [-0.25, -0.2) is 0 Å². The van der Waals surface area contributed by atoms with Gasteiger partial charge in [0, 0.05) is 17.8 Å². The second-order valence-corrected chi connectivity index (χ2v) is 8.02. The van der Waals surface area contributed by atoms with Crippen molar-refractivity contribution in [2.45, 2.75) is 52.4 Å². The monoisotopic (exact) mass is 284 g/mol.